The molecule has 11 nitrogen and oxygen atoms in total. The molecule has 0 spiro atoms. The molecule has 13 heteroatoms. The van der Waals surface area contributed by atoms with Crippen LogP contribution in [0.4, 0.5) is 28.8 Å². The number of benzene rings is 2. The molecule has 2 aliphatic rings. The smallest absolute Gasteiger partial charge is 0.229 e. The second kappa shape index (κ2) is 12.7. The highest BCUT2D eigenvalue weighted by Gasteiger charge is 2.31. The van der Waals surface area contributed by atoms with Gasteiger partial charge in [0, 0.05) is 90.8 Å². The lowest BCUT2D eigenvalue weighted by atomic mass is 10.00. The maximum Gasteiger partial charge on any atom is 0.229 e. The number of nitrogens with zero attached hydrogens (tertiary/aromatic N) is 8. The lowest BCUT2D eigenvalue weighted by Gasteiger charge is -2.39. The largest absolute Gasteiger partial charge is 0.494 e. The first-order chi connectivity index (χ1) is 22.3. The fourth-order valence-corrected chi connectivity index (χ4v) is 8.23. The Morgan fingerprint density at radius 1 is 0.978 bits per heavy atom. The molecule has 5 aromatic rings. The monoisotopic (exact) mass is 700 g/mol. The van der Waals surface area contributed by atoms with E-state index >= 15 is 0 Å². The van der Waals surface area contributed by atoms with E-state index < -0.39 is 7.92 Å². The molecule has 1 atom stereocenters. The second-order valence-electron chi connectivity index (χ2n) is 12.1. The molecule has 1 unspecified atom stereocenters. The minimum Gasteiger partial charge on any atom is -0.494 e. The van der Waals surface area contributed by atoms with Crippen molar-refractivity contribution in [2.45, 2.75) is 25.3 Å². The van der Waals surface area contributed by atoms with Crippen LogP contribution in [0.3, 0.4) is 0 Å². The van der Waals surface area contributed by atoms with Crippen LogP contribution in [-0.2, 0) is 13.5 Å². The third-order valence-electron chi connectivity index (χ3n) is 8.91. The van der Waals surface area contributed by atoms with Crippen LogP contribution in [0.25, 0.3) is 22.2 Å². The summed E-state index contributed by atoms with van der Waals surface area (Å²) in [6.07, 6.45) is 10.5. The first-order valence-corrected chi connectivity index (χ1v) is 18.5. The number of rotatable bonds is 7. The van der Waals surface area contributed by atoms with Crippen molar-refractivity contribution in [3.63, 3.8) is 0 Å². The summed E-state index contributed by atoms with van der Waals surface area (Å²) in [6, 6.07) is 8.81. The van der Waals surface area contributed by atoms with E-state index in [1.54, 1.807) is 25.7 Å². The number of methoxy groups -OCH3 is 1. The average Bonchev–Trinajstić information content (AvgIpc) is 3.33. The van der Waals surface area contributed by atoms with Crippen LogP contribution in [0, 0.1) is 0 Å². The molecular weight excluding hydrogens is 663 g/mol. The van der Waals surface area contributed by atoms with Crippen molar-refractivity contribution in [2.75, 3.05) is 62.7 Å². The van der Waals surface area contributed by atoms with E-state index in [2.05, 4.69) is 88.9 Å². The van der Waals surface area contributed by atoms with Gasteiger partial charge in [0.05, 0.1) is 34.5 Å². The zero-order valence-corrected chi connectivity index (χ0v) is 29.2. The number of aromatic nitrogens is 6. The highest BCUT2D eigenvalue weighted by atomic mass is 79.9. The Bertz CT molecular complexity index is 1910. The van der Waals surface area contributed by atoms with Crippen molar-refractivity contribution in [3.8, 4) is 16.9 Å². The van der Waals surface area contributed by atoms with Gasteiger partial charge in [-0.3, -0.25) is 14.6 Å². The predicted molar refractivity (Wildman–Crippen MR) is 191 cm³/mol. The van der Waals surface area contributed by atoms with Crippen LogP contribution in [0.15, 0.2) is 53.5 Å². The summed E-state index contributed by atoms with van der Waals surface area (Å²) in [5, 5.41) is 12.8. The van der Waals surface area contributed by atoms with Crippen LogP contribution in [0.2, 0.25) is 0 Å². The minimum atomic E-state index is -0.483. The number of hydrogen-bond donors (Lipinski definition) is 2. The quantitative estimate of drug-likeness (QED) is 0.199. The fourth-order valence-electron chi connectivity index (χ4n) is 6.73. The molecule has 3 aromatic heterocycles. The number of likely N-dealkylation sites (N-methyl/N-ethyl adjacent to an activating group) is 1. The third kappa shape index (κ3) is 5.78. The highest BCUT2D eigenvalue weighted by Crippen LogP contribution is 2.44. The van der Waals surface area contributed by atoms with Gasteiger partial charge in [-0.2, -0.15) is 10.1 Å². The van der Waals surface area contributed by atoms with Gasteiger partial charge in [-0.25, -0.2) is 4.98 Å². The summed E-state index contributed by atoms with van der Waals surface area (Å²) in [5.74, 6) is 1.83. The maximum atomic E-state index is 6.00. The van der Waals surface area contributed by atoms with Gasteiger partial charge in [0.25, 0.3) is 0 Å². The number of halogens is 1. The molecule has 1 fully saturated rings. The molecule has 0 radical (unpaired) electrons. The summed E-state index contributed by atoms with van der Waals surface area (Å²) >= 11 is 3.66. The SMILES string of the molecule is COc1cc2c(cc1Nc1ncc(Br)c(Nc3ccc4nccnc4c3P(C)C)n1)-c1cnn(C)c1CCN2C1CCCN(C)C1. The summed E-state index contributed by atoms with van der Waals surface area (Å²) in [7, 11) is 5.48. The lowest BCUT2D eigenvalue weighted by Crippen LogP contribution is -2.47. The maximum absolute atomic E-state index is 6.00. The van der Waals surface area contributed by atoms with Gasteiger partial charge in [0.1, 0.15) is 11.6 Å². The molecule has 2 aliphatic heterocycles. The standard InChI is InChI=1S/C33H38BrN10OP/c1-42-13-6-7-20(19-42)44-14-10-27-22(17-38-43(27)2)21-15-26(29(45-3)16-28(21)44)40-33-37-18-23(34)32(41-33)39-25-9-8-24-30(31(25)46(4)5)36-12-11-35-24/h8-9,11-12,15-18,20H,6-7,10,13-14,19H2,1-5H3,(H2,37,39,40,41). The molecule has 0 saturated carbocycles. The molecule has 238 valence electrons. The number of ether oxygens (including phenoxy) is 1. The van der Waals surface area contributed by atoms with E-state index in [0.29, 0.717) is 17.8 Å². The molecule has 2 N–H and O–H groups in total. The first kappa shape index (κ1) is 30.8. The molecule has 0 amide bonds. The van der Waals surface area contributed by atoms with Crippen molar-refractivity contribution in [1.82, 2.24) is 34.6 Å². The number of aryl methyl sites for hydroxylation is 1. The van der Waals surface area contributed by atoms with Gasteiger partial charge in [0.15, 0.2) is 0 Å². The van der Waals surface area contributed by atoms with E-state index in [0.717, 1.165) is 75.1 Å². The van der Waals surface area contributed by atoms with Crippen molar-refractivity contribution >= 4 is 69.0 Å². The number of fused-ring (bicyclic) bond motifs is 4. The van der Waals surface area contributed by atoms with E-state index in [1.165, 1.54) is 24.2 Å². The molecule has 46 heavy (non-hydrogen) atoms. The van der Waals surface area contributed by atoms with Crippen LogP contribution >= 0.6 is 23.9 Å². The van der Waals surface area contributed by atoms with Gasteiger partial charge in [-0.05, 0) is 73.9 Å². The van der Waals surface area contributed by atoms with Crippen molar-refractivity contribution in [1.29, 1.82) is 0 Å². The van der Waals surface area contributed by atoms with E-state index in [4.69, 9.17) is 9.72 Å². The zero-order chi connectivity index (χ0) is 31.9. The predicted octanol–water partition coefficient (Wildman–Crippen LogP) is 5.90. The van der Waals surface area contributed by atoms with Gasteiger partial charge >= 0.3 is 0 Å². The molecular formula is C33H38BrN10OP. The number of anilines is 5. The molecule has 2 aromatic carbocycles. The molecule has 5 heterocycles. The first-order valence-electron chi connectivity index (χ1n) is 15.5. The molecule has 7 rings (SSSR count). The zero-order valence-electron chi connectivity index (χ0n) is 26.7. The Morgan fingerprint density at radius 3 is 2.63 bits per heavy atom. The average molecular weight is 702 g/mol. The van der Waals surface area contributed by atoms with Crippen molar-refractivity contribution < 1.29 is 4.74 Å². The summed E-state index contributed by atoms with van der Waals surface area (Å²) in [6.45, 7) is 7.56. The normalized spacial score (nSPS) is 16.7. The number of hydrogen-bond acceptors (Lipinski definition) is 10. The Kier molecular flexibility index (Phi) is 8.52. The van der Waals surface area contributed by atoms with Crippen molar-refractivity contribution in [3.05, 3.63) is 59.2 Å². The van der Waals surface area contributed by atoms with Gasteiger partial charge in [-0.1, -0.05) is 7.92 Å². The lowest BCUT2D eigenvalue weighted by molar-refractivity contribution is 0.244. The van der Waals surface area contributed by atoms with E-state index in [9.17, 15) is 0 Å². The molecule has 0 aliphatic carbocycles. The molecule has 0 bridgehead atoms. The summed E-state index contributed by atoms with van der Waals surface area (Å²) in [4.78, 5) is 23.7. The fraction of sp³-hybridized carbons (Fsp3) is 0.364. The summed E-state index contributed by atoms with van der Waals surface area (Å²) < 4.78 is 8.75. The van der Waals surface area contributed by atoms with Gasteiger partial charge in [-0.15, -0.1) is 0 Å². The Hall–Kier alpha value is -3.86. The highest BCUT2D eigenvalue weighted by molar-refractivity contribution is 9.10. The Morgan fingerprint density at radius 2 is 1.83 bits per heavy atom. The number of nitrogens with one attached hydrogen (secondary N) is 2. The van der Waals surface area contributed by atoms with E-state index in [1.807, 2.05) is 30.1 Å². The van der Waals surface area contributed by atoms with Gasteiger partial charge in [0.2, 0.25) is 5.95 Å². The third-order valence-corrected chi connectivity index (χ3v) is 10.8. The Labute approximate surface area is 278 Å². The molecule has 1 saturated heterocycles. The second-order valence-corrected chi connectivity index (χ2v) is 15.2. The van der Waals surface area contributed by atoms with E-state index in [-0.39, 0.29) is 0 Å². The minimum absolute atomic E-state index is 0.435. The van der Waals surface area contributed by atoms with Crippen LogP contribution < -0.4 is 25.6 Å². The van der Waals surface area contributed by atoms with Crippen LogP contribution in [0.1, 0.15) is 18.5 Å². The van der Waals surface area contributed by atoms with Crippen molar-refractivity contribution in [2.24, 2.45) is 7.05 Å². The number of piperidine rings is 1. The topological polar surface area (TPSA) is 109 Å². The van der Waals surface area contributed by atoms with Crippen LogP contribution in [-0.4, -0.2) is 87.8 Å². The van der Waals surface area contributed by atoms with Gasteiger partial charge < -0.3 is 25.2 Å². The van der Waals surface area contributed by atoms with Crippen LogP contribution in [0.5, 0.6) is 5.75 Å². The Balaban J connectivity index is 1.26. The number of likely N-dealkylation sites (tertiary alicyclic amines) is 1. The summed E-state index contributed by atoms with van der Waals surface area (Å²) in [5.41, 5.74) is 8.23.